The summed E-state index contributed by atoms with van der Waals surface area (Å²) in [7, 11) is 4.09. The minimum atomic E-state index is 0.806. The van der Waals surface area contributed by atoms with Crippen LogP contribution in [0.15, 0.2) is 91.0 Å². The van der Waals surface area contributed by atoms with Crippen molar-refractivity contribution in [3.05, 3.63) is 102 Å². The average Bonchev–Trinajstić information content (AvgIpc) is 3.50. The van der Waals surface area contributed by atoms with Crippen LogP contribution in [0.5, 0.6) is 0 Å². The second kappa shape index (κ2) is 11.0. The van der Waals surface area contributed by atoms with Crippen LogP contribution in [0.25, 0.3) is 45.7 Å². The normalized spacial score (nSPS) is 13.7. The molecule has 0 saturated carbocycles. The van der Waals surface area contributed by atoms with Crippen LogP contribution in [0, 0.1) is 0 Å². The van der Waals surface area contributed by atoms with E-state index in [4.69, 9.17) is 0 Å². The molecule has 4 aromatic rings. The Kier molecular flexibility index (Phi) is 7.56. The molecule has 0 radical (unpaired) electrons. The van der Waals surface area contributed by atoms with Crippen LogP contribution in [0.1, 0.15) is 13.8 Å². The Morgan fingerprint density at radius 2 is 2.00 bits per heavy atom. The number of rotatable bonds is 8. The number of nitrogens with one attached hydrogen (secondary N) is 2. The van der Waals surface area contributed by atoms with Gasteiger partial charge >= 0.3 is 0 Å². The maximum absolute atomic E-state index is 4.66. The van der Waals surface area contributed by atoms with Crippen molar-refractivity contribution in [2.45, 2.75) is 13.8 Å². The van der Waals surface area contributed by atoms with Crippen molar-refractivity contribution in [2.24, 2.45) is 0 Å². The summed E-state index contributed by atoms with van der Waals surface area (Å²) in [6, 6.07) is 7.99. The fourth-order valence-electron chi connectivity index (χ4n) is 4.19. The number of H-pyrrole nitrogens is 2. The minimum Gasteiger partial charge on any atom is -0.352 e. The summed E-state index contributed by atoms with van der Waals surface area (Å²) in [4.78, 5) is 14.6. The van der Waals surface area contributed by atoms with E-state index in [-0.39, 0.29) is 0 Å². The standard InChI is InChI=1S/C30H32N6/c1-7-21(19-36(5)6)15-22(8-2)20(4)14-24-26(9-3)34-35-30(24)28-16-23-25(17-31-18-29(23)33-28)27-12-10-11-13-32-27/h7-18,33-34H,1,4,19H2,2-3,5-6H3/b21-15+,22-8+,24-14+,26-9+. The number of hydrogen-bond acceptors (Lipinski definition) is 4. The van der Waals surface area contributed by atoms with Crippen LogP contribution >= 0.6 is 0 Å². The van der Waals surface area contributed by atoms with Gasteiger partial charge < -0.3 is 9.88 Å². The second-order valence-corrected chi connectivity index (χ2v) is 8.81. The summed E-state index contributed by atoms with van der Waals surface area (Å²) in [6.07, 6.45) is 15.7. The fourth-order valence-corrected chi connectivity index (χ4v) is 4.19. The molecule has 0 aliphatic rings. The average molecular weight is 477 g/mol. The molecule has 0 aliphatic carbocycles. The molecule has 0 amide bonds. The van der Waals surface area contributed by atoms with Crippen molar-refractivity contribution >= 4 is 23.1 Å². The Morgan fingerprint density at radius 1 is 1.17 bits per heavy atom. The van der Waals surface area contributed by atoms with E-state index in [1.165, 1.54) is 0 Å². The van der Waals surface area contributed by atoms with Gasteiger partial charge in [0.25, 0.3) is 0 Å². The molecule has 0 aromatic carbocycles. The molecule has 6 heteroatoms. The monoisotopic (exact) mass is 476 g/mol. The fraction of sp³-hybridized carbons (Fsp3) is 0.167. The van der Waals surface area contributed by atoms with Crippen LogP contribution in [-0.2, 0) is 0 Å². The van der Waals surface area contributed by atoms with Crippen molar-refractivity contribution in [2.75, 3.05) is 20.6 Å². The van der Waals surface area contributed by atoms with Crippen LogP contribution in [0.4, 0.5) is 0 Å². The molecule has 0 unspecified atom stereocenters. The van der Waals surface area contributed by atoms with Gasteiger partial charge in [0, 0.05) is 35.1 Å². The molecular weight excluding hydrogens is 444 g/mol. The predicted molar refractivity (Wildman–Crippen MR) is 150 cm³/mol. The molecule has 0 fully saturated rings. The highest BCUT2D eigenvalue weighted by Gasteiger charge is 2.13. The van der Waals surface area contributed by atoms with Crippen molar-refractivity contribution in [3.8, 4) is 22.6 Å². The zero-order valence-corrected chi connectivity index (χ0v) is 21.3. The Bertz CT molecular complexity index is 1580. The molecular formula is C30H32N6. The first-order valence-electron chi connectivity index (χ1n) is 11.9. The number of pyridine rings is 2. The van der Waals surface area contributed by atoms with Gasteiger partial charge in [0.1, 0.15) is 5.69 Å². The van der Waals surface area contributed by atoms with Crippen molar-refractivity contribution in [1.29, 1.82) is 0 Å². The molecule has 2 N–H and O–H groups in total. The summed E-state index contributed by atoms with van der Waals surface area (Å²) in [5.74, 6) is 0. The van der Waals surface area contributed by atoms with Crippen molar-refractivity contribution < 1.29 is 0 Å². The number of nitrogens with zero attached hydrogens (tertiary/aromatic N) is 4. The van der Waals surface area contributed by atoms with Gasteiger partial charge in [0.05, 0.1) is 28.5 Å². The van der Waals surface area contributed by atoms with E-state index in [9.17, 15) is 0 Å². The quantitative estimate of drug-likeness (QED) is 0.359. The molecule has 182 valence electrons. The molecule has 0 spiro atoms. The lowest BCUT2D eigenvalue weighted by atomic mass is 10.0. The number of hydrogen-bond donors (Lipinski definition) is 2. The second-order valence-electron chi connectivity index (χ2n) is 8.81. The number of aromatic amines is 2. The summed E-state index contributed by atoms with van der Waals surface area (Å²) in [5, 5.41) is 10.8. The predicted octanol–water partition coefficient (Wildman–Crippen LogP) is 4.77. The summed E-state index contributed by atoms with van der Waals surface area (Å²) < 4.78 is 0. The summed E-state index contributed by atoms with van der Waals surface area (Å²) >= 11 is 0. The van der Waals surface area contributed by atoms with E-state index in [0.717, 1.165) is 67.4 Å². The minimum absolute atomic E-state index is 0.806. The number of aromatic nitrogens is 5. The molecule has 4 rings (SSSR count). The maximum atomic E-state index is 4.66. The maximum Gasteiger partial charge on any atom is 0.116 e. The highest BCUT2D eigenvalue weighted by atomic mass is 15.1. The van der Waals surface area contributed by atoms with E-state index in [1.54, 1.807) is 6.20 Å². The number of allylic oxidation sites excluding steroid dienone is 4. The first-order chi connectivity index (χ1) is 17.4. The summed E-state index contributed by atoms with van der Waals surface area (Å²) in [6.45, 7) is 13.2. The topological polar surface area (TPSA) is 73.5 Å². The Labute approximate surface area is 211 Å². The van der Waals surface area contributed by atoms with Gasteiger partial charge in [-0.05, 0) is 68.9 Å². The smallest absolute Gasteiger partial charge is 0.116 e. The summed E-state index contributed by atoms with van der Waals surface area (Å²) in [5.41, 5.74) is 7.57. The van der Waals surface area contributed by atoms with Gasteiger partial charge in [-0.1, -0.05) is 43.5 Å². The molecule has 6 nitrogen and oxygen atoms in total. The molecule has 0 aliphatic heterocycles. The van der Waals surface area contributed by atoms with Crippen LogP contribution in [0.2, 0.25) is 0 Å². The first kappa shape index (κ1) is 24.8. The van der Waals surface area contributed by atoms with Crippen molar-refractivity contribution in [3.63, 3.8) is 0 Å². The van der Waals surface area contributed by atoms with Gasteiger partial charge in [0.15, 0.2) is 0 Å². The first-order valence-corrected chi connectivity index (χ1v) is 11.9. The van der Waals surface area contributed by atoms with E-state index in [2.05, 4.69) is 67.5 Å². The van der Waals surface area contributed by atoms with E-state index < -0.39 is 0 Å². The number of likely N-dealkylation sites (N-methyl/N-ethyl adjacent to an activating group) is 1. The largest absolute Gasteiger partial charge is 0.352 e. The van der Waals surface area contributed by atoms with Crippen LogP contribution in [-0.4, -0.2) is 50.7 Å². The molecule has 4 aromatic heterocycles. The number of fused-ring (bicyclic) bond motifs is 1. The third kappa shape index (κ3) is 5.19. The molecule has 0 saturated heterocycles. The Hall–Kier alpha value is -4.29. The third-order valence-corrected chi connectivity index (χ3v) is 5.97. The van der Waals surface area contributed by atoms with Gasteiger partial charge in [-0.2, -0.15) is 5.10 Å². The Balaban J connectivity index is 1.81. The highest BCUT2D eigenvalue weighted by Crippen LogP contribution is 2.29. The van der Waals surface area contributed by atoms with Gasteiger partial charge in [-0.3, -0.25) is 15.1 Å². The third-order valence-electron chi connectivity index (χ3n) is 5.97. The van der Waals surface area contributed by atoms with Gasteiger partial charge in [-0.25, -0.2) is 0 Å². The van der Waals surface area contributed by atoms with Gasteiger partial charge in [0.2, 0.25) is 0 Å². The zero-order valence-electron chi connectivity index (χ0n) is 21.3. The molecule has 0 atom stereocenters. The van der Waals surface area contributed by atoms with Gasteiger partial charge in [-0.15, -0.1) is 0 Å². The van der Waals surface area contributed by atoms with Crippen LogP contribution in [0.3, 0.4) is 0 Å². The molecule has 36 heavy (non-hydrogen) atoms. The van der Waals surface area contributed by atoms with Crippen LogP contribution < -0.4 is 10.6 Å². The molecule has 0 bridgehead atoms. The lowest BCUT2D eigenvalue weighted by molar-refractivity contribution is 0.449. The van der Waals surface area contributed by atoms with E-state index in [0.29, 0.717) is 0 Å². The van der Waals surface area contributed by atoms with E-state index >= 15 is 0 Å². The van der Waals surface area contributed by atoms with E-state index in [1.807, 2.05) is 70.7 Å². The lowest BCUT2D eigenvalue weighted by Crippen LogP contribution is -2.23. The lowest BCUT2D eigenvalue weighted by Gasteiger charge is -2.11. The zero-order chi connectivity index (χ0) is 25.7. The van der Waals surface area contributed by atoms with Crippen molar-refractivity contribution in [1.82, 2.24) is 30.0 Å². The Morgan fingerprint density at radius 3 is 2.67 bits per heavy atom. The SMILES string of the molecule is C=C/C(=C\C(=C/C)C(=C)/C=c1/c(-c2cc3c(-c4ccccn4)cncc3[nH]2)n[nH]/c1=C/C)CN(C)C. The highest BCUT2D eigenvalue weighted by molar-refractivity contribution is 5.96. The molecule has 4 heterocycles.